The number of ketones is 2. The minimum Gasteiger partial charge on any atom is -0.300 e. The van der Waals surface area contributed by atoms with Gasteiger partial charge in [0.2, 0.25) is 0 Å². The van der Waals surface area contributed by atoms with Gasteiger partial charge in [-0.3, -0.25) is 9.59 Å². The highest BCUT2D eigenvalue weighted by atomic mass is 16.1. The molecule has 4 aliphatic carbocycles. The van der Waals surface area contributed by atoms with Crippen LogP contribution in [0.1, 0.15) is 59.8 Å². The predicted molar refractivity (Wildman–Crippen MR) is 95.3 cm³/mol. The first-order valence-corrected chi connectivity index (χ1v) is 9.72. The number of fused-ring (bicyclic) bond motifs is 5. The maximum Gasteiger partial charge on any atom is 0.158 e. The van der Waals surface area contributed by atoms with Gasteiger partial charge in [0.25, 0.3) is 0 Å². The van der Waals surface area contributed by atoms with Crippen molar-refractivity contribution in [2.75, 3.05) is 0 Å². The number of Topliss-reactive ketones (excluding diaryl/α,β-unsaturated/α-hetero) is 1. The van der Waals surface area contributed by atoms with E-state index in [-0.39, 0.29) is 22.7 Å². The smallest absolute Gasteiger partial charge is 0.158 e. The van der Waals surface area contributed by atoms with Gasteiger partial charge in [0.1, 0.15) is 5.78 Å². The molecule has 0 aromatic carbocycles. The van der Waals surface area contributed by atoms with Gasteiger partial charge in [-0.1, -0.05) is 32.9 Å². The van der Waals surface area contributed by atoms with Crippen LogP contribution in [-0.2, 0) is 9.59 Å². The maximum atomic E-state index is 12.2. The highest BCUT2D eigenvalue weighted by Gasteiger charge is 2.59. The van der Waals surface area contributed by atoms with Crippen molar-refractivity contribution in [3.8, 4) is 0 Å². The van der Waals surface area contributed by atoms with Crippen LogP contribution in [0.2, 0.25) is 0 Å². The monoisotopic (exact) mass is 326 g/mol. The molecular weight excluding hydrogens is 296 g/mol. The topological polar surface area (TPSA) is 34.1 Å². The molecular formula is C22H30O2. The van der Waals surface area contributed by atoms with Gasteiger partial charge < -0.3 is 0 Å². The van der Waals surface area contributed by atoms with Crippen molar-refractivity contribution in [1.29, 1.82) is 0 Å². The molecule has 0 saturated heterocycles. The Morgan fingerprint density at radius 3 is 2.62 bits per heavy atom. The molecule has 2 heteroatoms. The molecule has 0 bridgehead atoms. The Morgan fingerprint density at radius 1 is 1.17 bits per heavy atom. The van der Waals surface area contributed by atoms with Crippen molar-refractivity contribution in [1.82, 2.24) is 0 Å². The van der Waals surface area contributed by atoms with Gasteiger partial charge in [0, 0.05) is 11.8 Å². The normalized spacial score (nSPS) is 49.9. The van der Waals surface area contributed by atoms with Crippen LogP contribution in [-0.4, -0.2) is 11.6 Å². The zero-order valence-electron chi connectivity index (χ0n) is 15.5. The largest absolute Gasteiger partial charge is 0.300 e. The summed E-state index contributed by atoms with van der Waals surface area (Å²) >= 11 is 0. The van der Waals surface area contributed by atoms with Crippen LogP contribution in [0.4, 0.5) is 0 Å². The number of carbonyl (C=O) groups is 2. The van der Waals surface area contributed by atoms with Crippen LogP contribution in [0, 0.1) is 40.4 Å². The van der Waals surface area contributed by atoms with E-state index >= 15 is 0 Å². The van der Waals surface area contributed by atoms with Crippen LogP contribution in [0.3, 0.4) is 0 Å². The molecule has 7 atom stereocenters. The Bertz CT molecular complexity index is 657. The second kappa shape index (κ2) is 5.16. The van der Waals surface area contributed by atoms with Crippen LogP contribution in [0.25, 0.3) is 0 Å². The SMILES string of the molecule is CC(=O)[C@H]1CC[C@H]2[C@@H]3C=CC4=CC(=O)C(C)C[C@]4(C)[C@H]3CC[C@]12C. The first-order chi connectivity index (χ1) is 11.3. The number of rotatable bonds is 1. The highest BCUT2D eigenvalue weighted by molar-refractivity contribution is 5.94. The van der Waals surface area contributed by atoms with Gasteiger partial charge in [-0.25, -0.2) is 0 Å². The lowest BCUT2D eigenvalue weighted by Crippen LogP contribution is -2.50. The van der Waals surface area contributed by atoms with E-state index in [1.165, 1.54) is 24.8 Å². The molecule has 0 aromatic heterocycles. The number of carbonyl (C=O) groups excluding carboxylic acids is 2. The minimum atomic E-state index is 0.141. The Kier molecular flexibility index (Phi) is 3.50. The van der Waals surface area contributed by atoms with Gasteiger partial charge in [-0.2, -0.15) is 0 Å². The molecule has 4 aliphatic rings. The lowest BCUT2D eigenvalue weighted by atomic mass is 9.48. The fourth-order valence-corrected chi connectivity index (χ4v) is 7.01. The van der Waals surface area contributed by atoms with Gasteiger partial charge in [0.05, 0.1) is 0 Å². The first kappa shape index (κ1) is 16.3. The third-order valence-corrected chi connectivity index (χ3v) is 8.31. The molecule has 0 heterocycles. The van der Waals surface area contributed by atoms with Crippen molar-refractivity contribution in [2.45, 2.75) is 59.8 Å². The van der Waals surface area contributed by atoms with Crippen molar-refractivity contribution < 1.29 is 9.59 Å². The fraction of sp³-hybridized carbons (Fsp3) is 0.727. The van der Waals surface area contributed by atoms with Crippen LogP contribution in [0.5, 0.6) is 0 Å². The molecule has 24 heavy (non-hydrogen) atoms. The van der Waals surface area contributed by atoms with Gasteiger partial charge in [-0.15, -0.1) is 0 Å². The number of hydrogen-bond acceptors (Lipinski definition) is 2. The summed E-state index contributed by atoms with van der Waals surface area (Å²) in [6, 6.07) is 0. The molecule has 130 valence electrons. The van der Waals surface area contributed by atoms with E-state index < -0.39 is 0 Å². The molecule has 0 amide bonds. The van der Waals surface area contributed by atoms with E-state index in [4.69, 9.17) is 0 Å². The summed E-state index contributed by atoms with van der Waals surface area (Å²) < 4.78 is 0. The van der Waals surface area contributed by atoms with E-state index in [1.807, 2.05) is 6.08 Å². The molecule has 0 spiro atoms. The van der Waals surface area contributed by atoms with Crippen molar-refractivity contribution in [3.63, 3.8) is 0 Å². The molecule has 2 fully saturated rings. The number of allylic oxidation sites excluding steroid dienone is 4. The molecule has 2 saturated carbocycles. The summed E-state index contributed by atoms with van der Waals surface area (Å²) in [5, 5.41) is 0. The summed E-state index contributed by atoms with van der Waals surface area (Å²) in [4.78, 5) is 24.3. The average Bonchev–Trinajstić information content (AvgIpc) is 2.86. The molecule has 4 rings (SSSR count). The van der Waals surface area contributed by atoms with E-state index in [0.29, 0.717) is 29.3 Å². The average molecular weight is 326 g/mol. The van der Waals surface area contributed by atoms with E-state index in [1.54, 1.807) is 6.92 Å². The Labute approximate surface area is 145 Å². The van der Waals surface area contributed by atoms with Gasteiger partial charge >= 0.3 is 0 Å². The Morgan fingerprint density at radius 2 is 1.92 bits per heavy atom. The lowest BCUT2D eigenvalue weighted by Gasteiger charge is -2.56. The van der Waals surface area contributed by atoms with Crippen molar-refractivity contribution >= 4 is 11.6 Å². The summed E-state index contributed by atoms with van der Waals surface area (Å²) in [6.45, 7) is 8.64. The quantitative estimate of drug-likeness (QED) is 0.697. The predicted octanol–water partition coefficient (Wildman–Crippen LogP) is 4.75. The zero-order valence-corrected chi connectivity index (χ0v) is 15.5. The van der Waals surface area contributed by atoms with E-state index in [2.05, 4.69) is 32.9 Å². The van der Waals surface area contributed by atoms with Crippen LogP contribution < -0.4 is 0 Å². The van der Waals surface area contributed by atoms with E-state index in [0.717, 1.165) is 12.8 Å². The Hall–Kier alpha value is -1.18. The second-order valence-electron chi connectivity index (χ2n) is 9.46. The summed E-state index contributed by atoms with van der Waals surface area (Å²) in [7, 11) is 0. The number of hydrogen-bond donors (Lipinski definition) is 0. The molecule has 0 N–H and O–H groups in total. The fourth-order valence-electron chi connectivity index (χ4n) is 7.01. The summed E-state index contributed by atoms with van der Waals surface area (Å²) in [5.41, 5.74) is 1.59. The molecule has 0 radical (unpaired) electrons. The molecule has 2 nitrogen and oxygen atoms in total. The third-order valence-electron chi connectivity index (χ3n) is 8.31. The lowest BCUT2D eigenvalue weighted by molar-refractivity contribution is -0.127. The zero-order chi connectivity index (χ0) is 17.3. The van der Waals surface area contributed by atoms with Crippen molar-refractivity contribution in [3.05, 3.63) is 23.8 Å². The highest BCUT2D eigenvalue weighted by Crippen LogP contribution is 2.65. The minimum absolute atomic E-state index is 0.141. The molecule has 1 unspecified atom stereocenters. The van der Waals surface area contributed by atoms with E-state index in [9.17, 15) is 9.59 Å². The Balaban J connectivity index is 1.73. The summed E-state index contributed by atoms with van der Waals surface area (Å²) in [6.07, 6.45) is 12.2. The first-order valence-electron chi connectivity index (χ1n) is 9.72. The van der Waals surface area contributed by atoms with Crippen LogP contribution >= 0.6 is 0 Å². The second-order valence-corrected chi connectivity index (χ2v) is 9.46. The van der Waals surface area contributed by atoms with Gasteiger partial charge in [-0.05, 0) is 79.3 Å². The van der Waals surface area contributed by atoms with Gasteiger partial charge in [0.15, 0.2) is 5.78 Å². The summed E-state index contributed by atoms with van der Waals surface area (Å²) in [5.74, 6) is 2.93. The third kappa shape index (κ3) is 2.01. The standard InChI is InChI=1S/C22H30O2/c1-13-12-22(4)15(11-20(13)24)5-6-16-18-8-7-17(14(2)23)21(18,3)10-9-19(16)22/h5-6,11,13,16-19H,7-10,12H2,1-4H3/t13?,16-,17+,18-,19-,21+,22-/m0/s1. The van der Waals surface area contributed by atoms with Crippen LogP contribution in [0.15, 0.2) is 23.8 Å². The maximum absolute atomic E-state index is 12.2. The molecule has 0 aliphatic heterocycles. The van der Waals surface area contributed by atoms with Crippen molar-refractivity contribution in [2.24, 2.45) is 40.4 Å². The molecule has 0 aromatic rings.